The third kappa shape index (κ3) is 6.71. The smallest absolute Gasteiger partial charge is 0.314 e. The summed E-state index contributed by atoms with van der Waals surface area (Å²) in [6.45, 7) is 7.15. The number of carbonyl (C=O) groups excluding carboxylic acids is 1. The highest BCUT2D eigenvalue weighted by Gasteiger charge is 2.16. The molecular formula is C10H22N2O2. The summed E-state index contributed by atoms with van der Waals surface area (Å²) < 4.78 is 0. The summed E-state index contributed by atoms with van der Waals surface area (Å²) in [6, 6.07) is -0.153. The van der Waals surface area contributed by atoms with Crippen molar-refractivity contribution in [3.8, 4) is 0 Å². The van der Waals surface area contributed by atoms with E-state index in [2.05, 4.69) is 17.6 Å². The molecule has 0 aromatic rings. The van der Waals surface area contributed by atoms with E-state index in [4.69, 9.17) is 5.11 Å². The summed E-state index contributed by atoms with van der Waals surface area (Å²) in [5, 5.41) is 14.4. The van der Waals surface area contributed by atoms with Crippen LogP contribution in [0.1, 0.15) is 33.6 Å². The van der Waals surface area contributed by atoms with Crippen LogP contribution >= 0.6 is 0 Å². The minimum Gasteiger partial charge on any atom is -0.396 e. The molecule has 2 amide bonds. The van der Waals surface area contributed by atoms with Gasteiger partial charge in [0.1, 0.15) is 0 Å². The van der Waals surface area contributed by atoms with Crippen LogP contribution in [-0.4, -0.2) is 30.8 Å². The number of carbonyl (C=O) groups is 1. The van der Waals surface area contributed by atoms with Gasteiger partial charge in [-0.15, -0.1) is 0 Å². The average molecular weight is 202 g/mol. The predicted molar refractivity (Wildman–Crippen MR) is 57.2 cm³/mol. The molecule has 4 heteroatoms. The van der Waals surface area contributed by atoms with Crippen LogP contribution in [0.3, 0.4) is 0 Å². The highest BCUT2D eigenvalue weighted by molar-refractivity contribution is 5.73. The maximum atomic E-state index is 11.2. The molecule has 0 heterocycles. The van der Waals surface area contributed by atoms with Crippen LogP contribution in [0.5, 0.6) is 0 Å². The van der Waals surface area contributed by atoms with Crippen molar-refractivity contribution < 1.29 is 9.90 Å². The molecule has 4 nitrogen and oxygen atoms in total. The van der Waals surface area contributed by atoms with Gasteiger partial charge in [0.2, 0.25) is 0 Å². The van der Waals surface area contributed by atoms with E-state index < -0.39 is 0 Å². The van der Waals surface area contributed by atoms with Gasteiger partial charge in [-0.1, -0.05) is 27.2 Å². The zero-order chi connectivity index (χ0) is 11.0. The predicted octanol–water partition coefficient (Wildman–Crippen LogP) is 1.10. The van der Waals surface area contributed by atoms with Crippen molar-refractivity contribution in [3.05, 3.63) is 0 Å². The maximum absolute atomic E-state index is 11.2. The number of hydrogen-bond acceptors (Lipinski definition) is 2. The zero-order valence-electron chi connectivity index (χ0n) is 9.39. The summed E-state index contributed by atoms with van der Waals surface area (Å²) >= 11 is 0. The SMILES string of the molecule is CCCCNC(=O)NCC(C)(C)CO. The fourth-order valence-electron chi connectivity index (χ4n) is 0.817. The van der Waals surface area contributed by atoms with Gasteiger partial charge in [-0.25, -0.2) is 4.79 Å². The van der Waals surface area contributed by atoms with Gasteiger partial charge in [0.05, 0.1) is 0 Å². The van der Waals surface area contributed by atoms with Crippen LogP contribution in [0.2, 0.25) is 0 Å². The van der Waals surface area contributed by atoms with Crippen LogP contribution in [0, 0.1) is 5.41 Å². The van der Waals surface area contributed by atoms with E-state index in [1.165, 1.54) is 0 Å². The Morgan fingerprint density at radius 3 is 2.50 bits per heavy atom. The third-order valence-corrected chi connectivity index (χ3v) is 1.97. The molecule has 0 atom stereocenters. The number of nitrogens with one attached hydrogen (secondary N) is 2. The Hall–Kier alpha value is -0.770. The number of amides is 2. The van der Waals surface area contributed by atoms with Crippen molar-refractivity contribution in [1.82, 2.24) is 10.6 Å². The summed E-state index contributed by atoms with van der Waals surface area (Å²) in [7, 11) is 0. The number of urea groups is 1. The lowest BCUT2D eigenvalue weighted by atomic mass is 9.95. The van der Waals surface area contributed by atoms with Crippen molar-refractivity contribution in [2.45, 2.75) is 33.6 Å². The van der Waals surface area contributed by atoms with Crippen LogP contribution in [0.25, 0.3) is 0 Å². The van der Waals surface area contributed by atoms with Crippen molar-refractivity contribution in [3.63, 3.8) is 0 Å². The van der Waals surface area contributed by atoms with Gasteiger partial charge in [-0.05, 0) is 6.42 Å². The second-order valence-electron chi connectivity index (χ2n) is 4.29. The van der Waals surface area contributed by atoms with Gasteiger partial charge >= 0.3 is 6.03 Å². The monoisotopic (exact) mass is 202 g/mol. The van der Waals surface area contributed by atoms with Crippen molar-refractivity contribution >= 4 is 6.03 Å². The van der Waals surface area contributed by atoms with Gasteiger partial charge in [0.25, 0.3) is 0 Å². The number of rotatable bonds is 6. The Morgan fingerprint density at radius 2 is 2.00 bits per heavy atom. The summed E-state index contributed by atoms with van der Waals surface area (Å²) in [5.41, 5.74) is -0.248. The van der Waals surface area contributed by atoms with E-state index in [0.29, 0.717) is 13.1 Å². The summed E-state index contributed by atoms with van der Waals surface area (Å²) in [4.78, 5) is 11.2. The second kappa shape index (κ2) is 6.65. The molecule has 0 aliphatic carbocycles. The molecule has 0 saturated carbocycles. The molecule has 0 saturated heterocycles. The molecule has 84 valence electrons. The van der Waals surface area contributed by atoms with E-state index in [1.54, 1.807) is 0 Å². The Morgan fingerprint density at radius 1 is 1.36 bits per heavy atom. The molecule has 0 unspecified atom stereocenters. The third-order valence-electron chi connectivity index (χ3n) is 1.97. The van der Waals surface area contributed by atoms with Crippen LogP contribution in [-0.2, 0) is 0 Å². The lowest BCUT2D eigenvalue weighted by Crippen LogP contribution is -2.42. The Bertz CT molecular complexity index is 170. The molecule has 0 aromatic heterocycles. The normalized spacial score (nSPS) is 11.1. The average Bonchev–Trinajstić information content (AvgIpc) is 2.16. The van der Waals surface area contributed by atoms with E-state index in [1.807, 2.05) is 13.8 Å². The van der Waals surface area contributed by atoms with Gasteiger partial charge < -0.3 is 15.7 Å². The van der Waals surface area contributed by atoms with E-state index in [0.717, 1.165) is 12.8 Å². The first-order valence-corrected chi connectivity index (χ1v) is 5.14. The number of hydrogen-bond donors (Lipinski definition) is 3. The maximum Gasteiger partial charge on any atom is 0.314 e. The summed E-state index contributed by atoms with van der Waals surface area (Å²) in [6.07, 6.45) is 2.07. The highest BCUT2D eigenvalue weighted by Crippen LogP contribution is 2.10. The first-order chi connectivity index (χ1) is 6.52. The molecule has 0 aliphatic heterocycles. The Balaban J connectivity index is 3.53. The fraction of sp³-hybridized carbons (Fsp3) is 0.900. The van der Waals surface area contributed by atoms with Gasteiger partial charge in [-0.3, -0.25) is 0 Å². The van der Waals surface area contributed by atoms with Crippen LogP contribution in [0.4, 0.5) is 4.79 Å². The molecule has 0 fully saturated rings. The van der Waals surface area contributed by atoms with Gasteiger partial charge in [0.15, 0.2) is 0 Å². The number of aliphatic hydroxyl groups excluding tert-OH is 1. The highest BCUT2D eigenvalue weighted by atomic mass is 16.3. The van der Waals surface area contributed by atoms with Crippen molar-refractivity contribution in [1.29, 1.82) is 0 Å². The molecule has 0 bridgehead atoms. The second-order valence-corrected chi connectivity index (χ2v) is 4.29. The van der Waals surface area contributed by atoms with Crippen LogP contribution in [0.15, 0.2) is 0 Å². The molecule has 0 aromatic carbocycles. The summed E-state index contributed by atoms with van der Waals surface area (Å²) in [5.74, 6) is 0. The van der Waals surface area contributed by atoms with E-state index in [9.17, 15) is 4.79 Å². The van der Waals surface area contributed by atoms with E-state index in [-0.39, 0.29) is 18.1 Å². The molecular weight excluding hydrogens is 180 g/mol. The first kappa shape index (κ1) is 13.2. The molecule has 0 radical (unpaired) electrons. The topological polar surface area (TPSA) is 61.4 Å². The van der Waals surface area contributed by atoms with Gasteiger partial charge in [0, 0.05) is 25.1 Å². The standard InChI is InChI=1S/C10H22N2O2/c1-4-5-6-11-9(14)12-7-10(2,3)8-13/h13H,4-8H2,1-3H3,(H2,11,12,14). The largest absolute Gasteiger partial charge is 0.396 e. The van der Waals surface area contributed by atoms with Gasteiger partial charge in [-0.2, -0.15) is 0 Å². The Labute approximate surface area is 86.1 Å². The molecule has 0 spiro atoms. The van der Waals surface area contributed by atoms with E-state index >= 15 is 0 Å². The number of unbranched alkanes of at least 4 members (excludes halogenated alkanes) is 1. The molecule has 14 heavy (non-hydrogen) atoms. The quantitative estimate of drug-likeness (QED) is 0.565. The lowest BCUT2D eigenvalue weighted by molar-refractivity contribution is 0.157. The first-order valence-electron chi connectivity index (χ1n) is 5.14. The zero-order valence-corrected chi connectivity index (χ0v) is 9.39. The molecule has 0 rings (SSSR count). The van der Waals surface area contributed by atoms with Crippen molar-refractivity contribution in [2.24, 2.45) is 5.41 Å². The lowest BCUT2D eigenvalue weighted by Gasteiger charge is -2.21. The van der Waals surface area contributed by atoms with Crippen LogP contribution < -0.4 is 10.6 Å². The fourth-order valence-corrected chi connectivity index (χ4v) is 0.817. The van der Waals surface area contributed by atoms with Crippen molar-refractivity contribution in [2.75, 3.05) is 19.7 Å². The molecule has 0 aliphatic rings. The minimum atomic E-state index is -0.248. The molecule has 3 N–H and O–H groups in total. The Kier molecular flexibility index (Phi) is 6.28. The minimum absolute atomic E-state index is 0.0717. The number of aliphatic hydroxyl groups is 1.